The molecule has 1 aromatic carbocycles. The fraction of sp³-hybridized carbons (Fsp3) is 0.739. The van der Waals surface area contributed by atoms with Crippen molar-refractivity contribution in [1.82, 2.24) is 4.31 Å². The second-order valence-corrected chi connectivity index (χ2v) is 12.3. The van der Waals surface area contributed by atoms with E-state index in [9.17, 15) is 8.42 Å². The smallest absolute Gasteiger partial charge is 0.244 e. The van der Waals surface area contributed by atoms with Gasteiger partial charge in [-0.2, -0.15) is 4.31 Å². The standard InChI is InChI=1S/C23H34N2O2S/c1-16-8-17(2)22(18(3)9-16)28(26,27)25-6-4-24(5-7-25)23-13-19-10-20(14-23)12-21(11-19)15-23/h8-9,19-21H,4-7,10-15H2,1-3H3/p+1. The van der Waals surface area contributed by atoms with Crippen molar-refractivity contribution in [2.45, 2.75) is 69.7 Å². The average Bonchev–Trinajstić information content (AvgIpc) is 2.59. The summed E-state index contributed by atoms with van der Waals surface area (Å²) in [6, 6.07) is 3.99. The Labute approximate surface area is 170 Å². The van der Waals surface area contributed by atoms with Gasteiger partial charge < -0.3 is 4.90 Å². The molecule has 6 rings (SSSR count). The van der Waals surface area contributed by atoms with Gasteiger partial charge in [0.15, 0.2) is 0 Å². The third kappa shape index (κ3) is 2.96. The first kappa shape index (κ1) is 19.1. The average molecular weight is 404 g/mol. The summed E-state index contributed by atoms with van der Waals surface area (Å²) >= 11 is 0. The van der Waals surface area contributed by atoms with E-state index in [2.05, 4.69) is 0 Å². The lowest BCUT2D eigenvalue weighted by Gasteiger charge is -2.59. The first-order chi connectivity index (χ1) is 13.3. The molecule has 4 saturated carbocycles. The summed E-state index contributed by atoms with van der Waals surface area (Å²) in [5, 5.41) is 0. The van der Waals surface area contributed by atoms with Crippen LogP contribution in [0.15, 0.2) is 17.0 Å². The molecule has 0 spiro atoms. The highest BCUT2D eigenvalue weighted by molar-refractivity contribution is 7.89. The highest BCUT2D eigenvalue weighted by atomic mass is 32.2. The van der Waals surface area contributed by atoms with Gasteiger partial charge in [0.2, 0.25) is 10.0 Å². The van der Waals surface area contributed by atoms with Crippen LogP contribution in [0, 0.1) is 38.5 Å². The molecule has 5 aliphatic rings. The zero-order valence-corrected chi connectivity index (χ0v) is 18.4. The molecular weight excluding hydrogens is 368 g/mol. The van der Waals surface area contributed by atoms with E-state index >= 15 is 0 Å². The summed E-state index contributed by atoms with van der Waals surface area (Å²) in [6.07, 6.45) is 8.61. The number of piperazine rings is 1. The van der Waals surface area contributed by atoms with Crippen LogP contribution in [0.1, 0.15) is 55.2 Å². The number of nitrogens with one attached hydrogen (secondary N) is 1. The van der Waals surface area contributed by atoms with E-state index in [1.54, 1.807) is 9.21 Å². The van der Waals surface area contributed by atoms with E-state index in [0.29, 0.717) is 23.5 Å². The van der Waals surface area contributed by atoms with Crippen molar-refractivity contribution >= 4 is 10.0 Å². The van der Waals surface area contributed by atoms with Gasteiger partial charge in [0.25, 0.3) is 0 Å². The maximum atomic E-state index is 13.4. The molecule has 0 atom stereocenters. The predicted molar refractivity (Wildman–Crippen MR) is 111 cm³/mol. The van der Waals surface area contributed by atoms with Crippen molar-refractivity contribution in [3.63, 3.8) is 0 Å². The van der Waals surface area contributed by atoms with Crippen molar-refractivity contribution < 1.29 is 13.3 Å². The molecule has 5 heteroatoms. The highest BCUT2D eigenvalue weighted by Gasteiger charge is 2.56. The molecule has 5 fully saturated rings. The molecule has 28 heavy (non-hydrogen) atoms. The maximum Gasteiger partial charge on any atom is 0.244 e. The lowest BCUT2D eigenvalue weighted by atomic mass is 9.52. The van der Waals surface area contributed by atoms with Crippen molar-refractivity contribution in [2.24, 2.45) is 17.8 Å². The lowest BCUT2D eigenvalue weighted by molar-refractivity contribution is -0.962. The van der Waals surface area contributed by atoms with Gasteiger partial charge in [0, 0.05) is 19.3 Å². The van der Waals surface area contributed by atoms with Crippen LogP contribution in [0.5, 0.6) is 0 Å². The lowest BCUT2D eigenvalue weighted by Crippen LogP contribution is -3.23. The van der Waals surface area contributed by atoms with Gasteiger partial charge >= 0.3 is 0 Å². The van der Waals surface area contributed by atoms with Gasteiger partial charge in [-0.25, -0.2) is 8.42 Å². The molecule has 0 aromatic heterocycles. The Bertz CT molecular complexity index is 826. The van der Waals surface area contributed by atoms with Crippen LogP contribution in [0.4, 0.5) is 0 Å². The number of rotatable bonds is 3. The normalized spacial score (nSPS) is 36.2. The summed E-state index contributed by atoms with van der Waals surface area (Å²) < 4.78 is 28.6. The van der Waals surface area contributed by atoms with Crippen LogP contribution < -0.4 is 4.90 Å². The van der Waals surface area contributed by atoms with E-state index in [-0.39, 0.29) is 0 Å². The molecule has 0 amide bonds. The number of aryl methyl sites for hydroxylation is 3. The fourth-order valence-corrected chi connectivity index (χ4v) is 9.63. The molecule has 1 N–H and O–H groups in total. The number of benzene rings is 1. The number of hydrogen-bond acceptors (Lipinski definition) is 2. The minimum Gasteiger partial charge on any atom is -0.328 e. The summed E-state index contributed by atoms with van der Waals surface area (Å²) in [6.45, 7) is 9.21. The van der Waals surface area contributed by atoms with E-state index in [1.807, 2.05) is 32.9 Å². The molecule has 1 saturated heterocycles. The van der Waals surface area contributed by atoms with Crippen molar-refractivity contribution in [3.05, 3.63) is 28.8 Å². The molecule has 0 unspecified atom stereocenters. The van der Waals surface area contributed by atoms with E-state index in [4.69, 9.17) is 0 Å². The van der Waals surface area contributed by atoms with Crippen molar-refractivity contribution in [2.75, 3.05) is 26.2 Å². The van der Waals surface area contributed by atoms with Gasteiger partial charge in [-0.1, -0.05) is 17.7 Å². The Morgan fingerprint density at radius 3 is 1.82 bits per heavy atom. The molecule has 1 aromatic rings. The topological polar surface area (TPSA) is 41.8 Å². The molecular formula is C23H35N2O2S+. The third-order valence-electron chi connectivity index (χ3n) is 8.32. The number of nitrogens with zero attached hydrogens (tertiary/aromatic N) is 1. The predicted octanol–water partition coefficient (Wildman–Crippen LogP) is 2.47. The minimum absolute atomic E-state index is 0.473. The van der Waals surface area contributed by atoms with Crippen LogP contribution in [0.25, 0.3) is 0 Å². The SMILES string of the molecule is Cc1cc(C)c(S(=O)(=O)N2CC[NH+](C34CC5CC(CC(C5)C3)C4)CC2)c(C)c1. The largest absolute Gasteiger partial charge is 0.328 e. The molecule has 1 aliphatic heterocycles. The third-order valence-corrected chi connectivity index (χ3v) is 10.5. The molecule has 4 aliphatic carbocycles. The van der Waals surface area contributed by atoms with Crippen LogP contribution in [-0.4, -0.2) is 44.4 Å². The second kappa shape index (κ2) is 6.55. The van der Waals surface area contributed by atoms with Crippen LogP contribution in [0.3, 0.4) is 0 Å². The van der Waals surface area contributed by atoms with Crippen molar-refractivity contribution in [3.8, 4) is 0 Å². The Balaban J connectivity index is 1.34. The monoisotopic (exact) mass is 403 g/mol. The number of sulfonamides is 1. The summed E-state index contributed by atoms with van der Waals surface area (Å²) in [5.41, 5.74) is 3.37. The van der Waals surface area contributed by atoms with Gasteiger partial charge in [-0.05, 0) is 68.9 Å². The molecule has 4 bridgehead atoms. The summed E-state index contributed by atoms with van der Waals surface area (Å²) in [4.78, 5) is 2.26. The fourth-order valence-electron chi connectivity index (χ4n) is 7.77. The molecule has 1 heterocycles. The zero-order chi connectivity index (χ0) is 19.7. The molecule has 4 nitrogen and oxygen atoms in total. The number of quaternary nitrogens is 1. The Hall–Kier alpha value is -0.910. The van der Waals surface area contributed by atoms with Gasteiger partial charge in [0.1, 0.15) is 0 Å². The maximum absolute atomic E-state index is 13.4. The van der Waals surface area contributed by atoms with Gasteiger partial charge in [-0.15, -0.1) is 0 Å². The Kier molecular flexibility index (Phi) is 4.46. The van der Waals surface area contributed by atoms with Crippen LogP contribution in [-0.2, 0) is 10.0 Å². The first-order valence-electron chi connectivity index (χ1n) is 11.2. The molecule has 154 valence electrons. The number of hydrogen-bond donors (Lipinski definition) is 1. The minimum atomic E-state index is -3.40. The van der Waals surface area contributed by atoms with Gasteiger partial charge in [0.05, 0.1) is 36.6 Å². The van der Waals surface area contributed by atoms with Gasteiger partial charge in [-0.3, -0.25) is 0 Å². The Morgan fingerprint density at radius 1 is 0.893 bits per heavy atom. The quantitative estimate of drug-likeness (QED) is 0.842. The van der Waals surface area contributed by atoms with Crippen LogP contribution in [0.2, 0.25) is 0 Å². The van der Waals surface area contributed by atoms with Crippen molar-refractivity contribution in [1.29, 1.82) is 0 Å². The van der Waals surface area contributed by atoms with E-state index < -0.39 is 10.0 Å². The Morgan fingerprint density at radius 2 is 1.36 bits per heavy atom. The zero-order valence-electron chi connectivity index (χ0n) is 17.6. The van der Waals surface area contributed by atoms with E-state index in [0.717, 1.165) is 47.5 Å². The van der Waals surface area contributed by atoms with Crippen LogP contribution >= 0.6 is 0 Å². The van der Waals surface area contributed by atoms with E-state index in [1.165, 1.54) is 38.5 Å². The summed E-state index contributed by atoms with van der Waals surface area (Å²) in [5.74, 6) is 2.87. The second-order valence-electron chi connectivity index (χ2n) is 10.4. The first-order valence-corrected chi connectivity index (χ1v) is 12.6. The summed E-state index contributed by atoms with van der Waals surface area (Å²) in [7, 11) is -3.40. The molecule has 0 radical (unpaired) electrons. The highest BCUT2D eigenvalue weighted by Crippen LogP contribution is 2.54.